The molecule has 12 rings (SSSR count). The normalized spacial score (nSPS) is 15.7. The zero-order valence-electron chi connectivity index (χ0n) is 40.8. The van der Waals surface area contributed by atoms with E-state index in [2.05, 4.69) is 221 Å². The molecule has 1 spiro atoms. The quantitative estimate of drug-likeness (QED) is 0.153. The van der Waals surface area contributed by atoms with E-state index in [1.54, 1.807) is 0 Å². The number of aromatic nitrogens is 3. The van der Waals surface area contributed by atoms with Gasteiger partial charge in [-0.15, -0.1) is 9.13 Å². The van der Waals surface area contributed by atoms with E-state index in [0.717, 1.165) is 67.4 Å². The topological polar surface area (TPSA) is 21.9 Å². The van der Waals surface area contributed by atoms with Crippen LogP contribution in [0, 0.1) is 20.8 Å². The van der Waals surface area contributed by atoms with Gasteiger partial charge in [0, 0.05) is 24.6 Å². The van der Waals surface area contributed by atoms with Gasteiger partial charge in [0.05, 0.1) is 5.56 Å². The molecule has 1 unspecified atom stereocenters. The highest BCUT2D eigenvalue weighted by Crippen LogP contribution is 2.55. The number of nitrogens with zero attached hydrogens (tertiary/aromatic N) is 3. The third-order valence-corrected chi connectivity index (χ3v) is 14.6. The van der Waals surface area contributed by atoms with Crippen LogP contribution in [-0.2, 0) is 11.3 Å². The van der Waals surface area contributed by atoms with Crippen LogP contribution in [0.2, 0.25) is 0 Å². The monoisotopic (exact) mass is 860 g/mol. The maximum absolute atomic E-state index is 9.23. The van der Waals surface area contributed by atoms with Crippen molar-refractivity contribution >= 4 is 11.0 Å². The van der Waals surface area contributed by atoms with Gasteiger partial charge in [0.1, 0.15) is 16.8 Å². The number of aryl methyl sites for hydroxylation is 3. The Kier molecular flexibility index (Phi) is 8.48. The maximum atomic E-state index is 9.23. The highest BCUT2D eigenvalue weighted by molar-refractivity contribution is 5.99. The van der Waals surface area contributed by atoms with Gasteiger partial charge in [0.25, 0.3) is 0 Å². The number of ether oxygens (including phenoxy) is 1. The minimum Gasteiger partial charge on any atom is -0.392 e. The molecular weight excluding hydrogens is 803 g/mol. The lowest BCUT2D eigenvalue weighted by Crippen LogP contribution is -2.78. The molecule has 0 saturated carbocycles. The molecule has 66 heavy (non-hydrogen) atoms. The van der Waals surface area contributed by atoms with E-state index in [-0.39, 0.29) is 5.41 Å². The molecule has 7 aromatic carbocycles. The average molecular weight is 861 g/mol. The third kappa shape index (κ3) is 5.63. The largest absolute Gasteiger partial charge is 0.499 e. The van der Waals surface area contributed by atoms with Gasteiger partial charge in [-0.2, -0.15) is 4.57 Å². The van der Waals surface area contributed by atoms with Crippen LogP contribution in [0.4, 0.5) is 0 Å². The number of rotatable bonds is 6. The molecule has 0 aliphatic carbocycles. The van der Waals surface area contributed by atoms with Crippen LogP contribution in [0.15, 0.2) is 152 Å². The predicted molar refractivity (Wildman–Crippen MR) is 270 cm³/mol. The van der Waals surface area contributed by atoms with Crippen molar-refractivity contribution < 1.29 is 15.2 Å². The summed E-state index contributed by atoms with van der Waals surface area (Å²) in [5.41, 5.74) is 24.4. The Morgan fingerprint density at radius 2 is 1.32 bits per heavy atom. The van der Waals surface area contributed by atoms with E-state index in [0.29, 0.717) is 5.92 Å². The first-order valence-electron chi connectivity index (χ1n) is 24.1. The molecule has 0 saturated heterocycles. The summed E-state index contributed by atoms with van der Waals surface area (Å²) in [5.74, 6) is 0.460. The number of imidazole rings is 1. The van der Waals surface area contributed by atoms with Crippen LogP contribution >= 0.6 is 0 Å². The van der Waals surface area contributed by atoms with Gasteiger partial charge in [0.2, 0.25) is 5.69 Å². The highest BCUT2D eigenvalue weighted by atomic mass is 16.5. The molecule has 5 heterocycles. The Bertz CT molecular complexity index is 3560. The number of fused-ring (bicyclic) bond motifs is 5. The molecule has 1 atom stereocenters. The zero-order chi connectivity index (χ0) is 46.5. The Labute approximate surface area is 390 Å². The van der Waals surface area contributed by atoms with Crippen molar-refractivity contribution in [2.75, 3.05) is 0 Å². The molecule has 0 amide bonds. The van der Waals surface area contributed by atoms with Crippen LogP contribution in [0.3, 0.4) is 0 Å². The molecule has 4 heteroatoms. The fourth-order valence-electron chi connectivity index (χ4n) is 11.5. The Balaban J connectivity index is 1.18. The molecule has 9 aromatic rings. The second kappa shape index (κ2) is 14.2. The molecule has 0 radical (unpaired) electrons. The van der Waals surface area contributed by atoms with E-state index in [4.69, 9.17) is 4.74 Å². The molecule has 3 aliphatic heterocycles. The van der Waals surface area contributed by atoms with Crippen LogP contribution in [0.25, 0.3) is 83.9 Å². The molecule has 4 nitrogen and oxygen atoms in total. The van der Waals surface area contributed by atoms with Gasteiger partial charge in [-0.25, -0.2) is 0 Å². The molecular formula is C62H57N3O+2. The Morgan fingerprint density at radius 1 is 0.606 bits per heavy atom. The summed E-state index contributed by atoms with van der Waals surface area (Å²) in [6.45, 7) is 22.0. The average Bonchev–Trinajstić information content (AvgIpc) is 3.80. The number of benzene rings is 7. The lowest BCUT2D eigenvalue weighted by atomic mass is 9.84. The van der Waals surface area contributed by atoms with Crippen molar-refractivity contribution in [1.29, 1.82) is 0 Å². The van der Waals surface area contributed by atoms with E-state index < -0.39 is 11.7 Å². The van der Waals surface area contributed by atoms with Crippen LogP contribution < -0.4 is 13.9 Å². The zero-order valence-corrected chi connectivity index (χ0v) is 39.8. The summed E-state index contributed by atoms with van der Waals surface area (Å²) < 4.78 is 24.5. The van der Waals surface area contributed by atoms with E-state index in [9.17, 15) is 1.37 Å². The summed E-state index contributed by atoms with van der Waals surface area (Å²) in [5, 5.41) is 0. The summed E-state index contributed by atoms with van der Waals surface area (Å²) in [6, 6.07) is 54.2. The number of hydrogen-bond acceptors (Lipinski definition) is 1. The molecule has 0 fully saturated rings. The Hall–Kier alpha value is -7.04. The van der Waals surface area contributed by atoms with Crippen molar-refractivity contribution in [1.82, 2.24) is 4.57 Å². The smallest absolute Gasteiger partial charge is 0.392 e. The lowest BCUT2D eigenvalue weighted by Gasteiger charge is -2.33. The van der Waals surface area contributed by atoms with Crippen LogP contribution in [0.5, 0.6) is 5.75 Å². The van der Waals surface area contributed by atoms with Gasteiger partial charge in [-0.3, -0.25) is 0 Å². The van der Waals surface area contributed by atoms with E-state index >= 15 is 0 Å². The molecule has 3 aliphatic rings. The first-order chi connectivity index (χ1) is 32.0. The predicted octanol–water partition coefficient (Wildman–Crippen LogP) is 14.9. The van der Waals surface area contributed by atoms with Gasteiger partial charge in [-0.1, -0.05) is 139 Å². The molecule has 324 valence electrons. The van der Waals surface area contributed by atoms with Crippen LogP contribution in [-0.4, -0.2) is 4.57 Å². The summed E-state index contributed by atoms with van der Waals surface area (Å²) in [4.78, 5) is 0. The second-order valence-corrected chi connectivity index (χ2v) is 20.6. The Morgan fingerprint density at radius 3 is 2.05 bits per heavy atom. The lowest BCUT2D eigenvalue weighted by molar-refractivity contribution is -0.997. The fourth-order valence-corrected chi connectivity index (χ4v) is 11.5. The fraction of sp³-hybridized carbons (Fsp3) is 0.226. The third-order valence-electron chi connectivity index (χ3n) is 14.6. The van der Waals surface area contributed by atoms with E-state index in [1.165, 1.54) is 61.2 Å². The minimum absolute atomic E-state index is 0.0663. The van der Waals surface area contributed by atoms with Gasteiger partial charge >= 0.3 is 11.7 Å². The van der Waals surface area contributed by atoms with Crippen molar-refractivity contribution in [2.24, 2.45) is 0 Å². The molecule has 2 aromatic heterocycles. The SMILES string of the molecule is [2H]C(C)(C)c1cccc(C(C)C)c1-c1ccc(-n2c3[n+]4c5c(cccc52)-c2cc(-c5ccccc5)cc5c2C4(Oc2c(C)cc(C)cc2-3)[n+]2ccc(-c3ccc(C(C)(C)C)cc3)cc2-5)c(C)c1. The maximum Gasteiger partial charge on any atom is 0.499 e. The summed E-state index contributed by atoms with van der Waals surface area (Å²) in [6.07, 6.45) is 2.27. The number of para-hydroxylation sites is 1. The minimum atomic E-state index is -1.07. The van der Waals surface area contributed by atoms with Gasteiger partial charge in [-0.05, 0) is 147 Å². The van der Waals surface area contributed by atoms with Crippen molar-refractivity contribution in [3.05, 3.63) is 191 Å². The summed E-state index contributed by atoms with van der Waals surface area (Å²) in [7, 11) is 0. The van der Waals surface area contributed by atoms with Crippen LogP contribution in [0.1, 0.15) is 101 Å². The first kappa shape index (κ1) is 39.3. The van der Waals surface area contributed by atoms with Gasteiger partial charge < -0.3 is 4.74 Å². The van der Waals surface area contributed by atoms with E-state index in [1.807, 2.05) is 13.8 Å². The molecule has 0 bridgehead atoms. The summed E-state index contributed by atoms with van der Waals surface area (Å²) >= 11 is 0. The molecule has 0 N–H and O–H groups in total. The second-order valence-electron chi connectivity index (χ2n) is 20.6. The van der Waals surface area contributed by atoms with Crippen molar-refractivity contribution in [3.63, 3.8) is 0 Å². The number of pyridine rings is 1. The van der Waals surface area contributed by atoms with Crippen molar-refractivity contribution in [2.45, 2.75) is 92.3 Å². The first-order valence-corrected chi connectivity index (χ1v) is 23.6. The highest BCUT2D eigenvalue weighted by Gasteiger charge is 2.68. The van der Waals surface area contributed by atoms with Gasteiger partial charge in [0.15, 0.2) is 23.0 Å². The number of hydrogen-bond donors (Lipinski definition) is 0. The van der Waals surface area contributed by atoms with Crippen molar-refractivity contribution in [3.8, 4) is 78.6 Å². The standard InChI is InChI=1S/C62H57N3O/c1-36(2)47-18-14-19-48(37(3)4)56(47)44-24-27-53(39(6)32-44)64-54-21-15-20-49-50-33-45(41-16-12-11-13-17-41)34-51-55-35-43(42-22-25-46(26-23-42)61(8,9)10)28-29-63(55)62(57(50)51)65(58(49)54)60(64)52-31-38(5)30-40(7)59(52)66-62/h11-37H,1-10H3/q+2/i36D.